The predicted octanol–water partition coefficient (Wildman–Crippen LogP) is 4.46. The molecule has 1 atom stereocenters. The second-order valence-corrected chi connectivity index (χ2v) is 7.30. The van der Waals surface area contributed by atoms with Gasteiger partial charge in [-0.1, -0.05) is 25.0 Å². The Labute approximate surface area is 147 Å². The van der Waals surface area contributed by atoms with Crippen LogP contribution in [0.15, 0.2) is 30.5 Å². The minimum Gasteiger partial charge on any atom is -0.334 e. The first kappa shape index (κ1) is 16.3. The van der Waals surface area contributed by atoms with Gasteiger partial charge in [0.25, 0.3) is 0 Å². The zero-order chi connectivity index (χ0) is 17.2. The topological polar surface area (TPSA) is 49.0 Å². The molecule has 0 bridgehead atoms. The molecule has 1 saturated carbocycles. The number of hydrogen-bond acceptors (Lipinski definition) is 2. The molecular weight excluding hydrogens is 317 g/mol. The van der Waals surface area contributed by atoms with Crippen molar-refractivity contribution in [1.29, 1.82) is 0 Å². The van der Waals surface area contributed by atoms with Crippen molar-refractivity contribution in [3.05, 3.63) is 42.0 Å². The number of benzene rings is 1. The molecule has 1 aromatic heterocycles. The lowest BCUT2D eigenvalue weighted by atomic mass is 9.99. The summed E-state index contributed by atoms with van der Waals surface area (Å²) in [4.78, 5) is 14.9. The average molecular weight is 341 g/mol. The summed E-state index contributed by atoms with van der Waals surface area (Å²) in [6.07, 6.45) is 9.32. The van der Waals surface area contributed by atoms with E-state index in [1.807, 2.05) is 4.90 Å². The number of likely N-dealkylation sites (tertiary alicyclic amines) is 1. The number of rotatable bonds is 4. The molecule has 2 fully saturated rings. The van der Waals surface area contributed by atoms with Crippen molar-refractivity contribution in [3.63, 3.8) is 0 Å². The third-order valence-corrected chi connectivity index (χ3v) is 5.67. The van der Waals surface area contributed by atoms with Gasteiger partial charge in [0.05, 0.1) is 17.9 Å². The van der Waals surface area contributed by atoms with E-state index < -0.39 is 0 Å². The molecule has 1 N–H and O–H groups in total. The maximum Gasteiger partial charge on any atom is 0.223 e. The smallest absolute Gasteiger partial charge is 0.223 e. The fourth-order valence-corrected chi connectivity index (χ4v) is 4.35. The molecule has 0 radical (unpaired) electrons. The summed E-state index contributed by atoms with van der Waals surface area (Å²) in [6.45, 7) is 0.818. The molecule has 25 heavy (non-hydrogen) atoms. The molecule has 1 unspecified atom stereocenters. The van der Waals surface area contributed by atoms with Gasteiger partial charge in [-0.05, 0) is 49.3 Å². The number of aromatic nitrogens is 2. The number of halogens is 1. The molecule has 2 heterocycles. The quantitative estimate of drug-likeness (QED) is 0.892. The monoisotopic (exact) mass is 341 g/mol. The van der Waals surface area contributed by atoms with Crippen molar-refractivity contribution < 1.29 is 9.18 Å². The number of aromatic amines is 1. The van der Waals surface area contributed by atoms with Crippen LogP contribution in [-0.4, -0.2) is 27.5 Å². The second-order valence-electron chi connectivity index (χ2n) is 7.30. The molecule has 1 aliphatic carbocycles. The molecule has 0 spiro atoms. The first-order valence-electron chi connectivity index (χ1n) is 9.31. The summed E-state index contributed by atoms with van der Waals surface area (Å²) < 4.78 is 13.2. The molecule has 4 nitrogen and oxygen atoms in total. The third-order valence-electron chi connectivity index (χ3n) is 5.67. The first-order chi connectivity index (χ1) is 12.2. The SMILES string of the molecule is O=C(CC1CCCC1)N1CCCC1c1[nH]ncc1-c1ccc(F)cc1. The van der Waals surface area contributed by atoms with Crippen LogP contribution in [0.3, 0.4) is 0 Å². The van der Waals surface area contributed by atoms with Crippen LogP contribution in [-0.2, 0) is 4.79 Å². The zero-order valence-electron chi connectivity index (χ0n) is 14.4. The molecule has 1 amide bonds. The number of carbonyl (C=O) groups is 1. The Bertz CT molecular complexity index is 734. The molecule has 1 aliphatic heterocycles. The van der Waals surface area contributed by atoms with Crippen LogP contribution >= 0.6 is 0 Å². The molecule has 5 heteroatoms. The van der Waals surface area contributed by atoms with Gasteiger partial charge in [0, 0.05) is 18.5 Å². The first-order valence-corrected chi connectivity index (χ1v) is 9.31. The van der Waals surface area contributed by atoms with E-state index in [0.29, 0.717) is 12.3 Å². The van der Waals surface area contributed by atoms with Crippen molar-refractivity contribution >= 4 is 5.91 Å². The molecule has 2 aromatic rings. The Balaban J connectivity index is 1.55. The molecule has 2 aliphatic rings. The zero-order valence-corrected chi connectivity index (χ0v) is 14.4. The average Bonchev–Trinajstić information content (AvgIpc) is 3.36. The van der Waals surface area contributed by atoms with E-state index in [9.17, 15) is 9.18 Å². The lowest BCUT2D eigenvalue weighted by Gasteiger charge is -2.26. The molecule has 132 valence electrons. The Morgan fingerprint density at radius 1 is 1.16 bits per heavy atom. The van der Waals surface area contributed by atoms with Crippen molar-refractivity contribution in [2.75, 3.05) is 6.54 Å². The summed E-state index contributed by atoms with van der Waals surface area (Å²) in [6, 6.07) is 6.51. The van der Waals surface area contributed by atoms with E-state index in [-0.39, 0.29) is 17.8 Å². The van der Waals surface area contributed by atoms with Crippen LogP contribution in [0.4, 0.5) is 4.39 Å². The summed E-state index contributed by atoms with van der Waals surface area (Å²) in [5, 5.41) is 7.31. The Morgan fingerprint density at radius 2 is 1.92 bits per heavy atom. The van der Waals surface area contributed by atoms with Crippen molar-refractivity contribution in [1.82, 2.24) is 15.1 Å². The van der Waals surface area contributed by atoms with Crippen LogP contribution in [0.5, 0.6) is 0 Å². The highest BCUT2D eigenvalue weighted by Gasteiger charge is 2.34. The fraction of sp³-hybridized carbons (Fsp3) is 0.500. The number of carbonyl (C=O) groups excluding carboxylic acids is 1. The maximum absolute atomic E-state index is 13.2. The summed E-state index contributed by atoms with van der Waals surface area (Å²) >= 11 is 0. The van der Waals surface area contributed by atoms with E-state index >= 15 is 0 Å². The van der Waals surface area contributed by atoms with E-state index in [0.717, 1.165) is 36.2 Å². The van der Waals surface area contributed by atoms with Gasteiger partial charge in [-0.2, -0.15) is 5.10 Å². The van der Waals surface area contributed by atoms with Gasteiger partial charge in [0.2, 0.25) is 5.91 Å². The fourth-order valence-electron chi connectivity index (χ4n) is 4.35. The second kappa shape index (κ2) is 6.98. The van der Waals surface area contributed by atoms with Crippen LogP contribution < -0.4 is 0 Å². The molecule has 1 saturated heterocycles. The van der Waals surface area contributed by atoms with E-state index in [1.54, 1.807) is 18.3 Å². The number of nitrogens with one attached hydrogen (secondary N) is 1. The molecule has 1 aromatic carbocycles. The largest absolute Gasteiger partial charge is 0.334 e. The number of nitrogens with zero attached hydrogens (tertiary/aromatic N) is 2. The van der Waals surface area contributed by atoms with Crippen molar-refractivity contribution in [3.8, 4) is 11.1 Å². The Morgan fingerprint density at radius 3 is 2.68 bits per heavy atom. The van der Waals surface area contributed by atoms with Crippen molar-refractivity contribution in [2.24, 2.45) is 5.92 Å². The summed E-state index contributed by atoms with van der Waals surface area (Å²) in [5.74, 6) is 0.587. The lowest BCUT2D eigenvalue weighted by Crippen LogP contribution is -2.32. The highest BCUT2D eigenvalue weighted by atomic mass is 19.1. The van der Waals surface area contributed by atoms with Crippen molar-refractivity contribution in [2.45, 2.75) is 51.0 Å². The predicted molar refractivity (Wildman–Crippen MR) is 94.2 cm³/mol. The number of amides is 1. The van der Waals surface area contributed by atoms with E-state index in [4.69, 9.17) is 0 Å². The van der Waals surface area contributed by atoms with Gasteiger partial charge in [-0.3, -0.25) is 9.89 Å². The van der Waals surface area contributed by atoms with Crippen LogP contribution in [0.25, 0.3) is 11.1 Å². The summed E-state index contributed by atoms with van der Waals surface area (Å²) in [7, 11) is 0. The van der Waals surface area contributed by atoms with Gasteiger partial charge in [0.15, 0.2) is 0 Å². The molecule has 4 rings (SSSR count). The minimum atomic E-state index is -0.247. The lowest BCUT2D eigenvalue weighted by molar-refractivity contribution is -0.133. The highest BCUT2D eigenvalue weighted by molar-refractivity contribution is 5.78. The Hall–Kier alpha value is -2.17. The van der Waals surface area contributed by atoms with Crippen LogP contribution in [0.2, 0.25) is 0 Å². The Kier molecular flexibility index (Phi) is 4.55. The number of hydrogen-bond donors (Lipinski definition) is 1. The van der Waals surface area contributed by atoms with Crippen LogP contribution in [0, 0.1) is 11.7 Å². The van der Waals surface area contributed by atoms with Crippen LogP contribution in [0.1, 0.15) is 56.7 Å². The van der Waals surface area contributed by atoms with E-state index in [1.165, 1.54) is 37.8 Å². The minimum absolute atomic E-state index is 0.0523. The third kappa shape index (κ3) is 3.32. The van der Waals surface area contributed by atoms with E-state index in [2.05, 4.69) is 10.2 Å². The van der Waals surface area contributed by atoms with Gasteiger partial charge in [-0.15, -0.1) is 0 Å². The standard InChI is InChI=1S/C20H24FN3O/c21-16-9-7-15(8-10-16)17-13-22-23-20(17)18-6-3-11-24(18)19(25)12-14-4-1-2-5-14/h7-10,13-14,18H,1-6,11-12H2,(H,22,23). The van der Waals surface area contributed by atoms with Gasteiger partial charge in [0.1, 0.15) is 5.82 Å². The number of H-pyrrole nitrogens is 1. The van der Waals surface area contributed by atoms with Gasteiger partial charge in [-0.25, -0.2) is 4.39 Å². The molecular formula is C20H24FN3O. The van der Waals surface area contributed by atoms with Gasteiger partial charge < -0.3 is 4.90 Å². The maximum atomic E-state index is 13.2. The summed E-state index contributed by atoms with van der Waals surface area (Å²) in [5.41, 5.74) is 2.87. The normalized spacial score (nSPS) is 21.2. The van der Waals surface area contributed by atoms with Gasteiger partial charge >= 0.3 is 0 Å². The highest BCUT2D eigenvalue weighted by Crippen LogP contribution is 2.38.